The Hall–Kier alpha value is 1.54. The van der Waals surface area contributed by atoms with E-state index in [1.54, 1.807) is 5.92 Å². The molecule has 2 heteroatoms. The summed E-state index contributed by atoms with van der Waals surface area (Å²) in [4.78, 5) is 2.58. The predicted octanol–water partition coefficient (Wildman–Crippen LogP) is 2.48. The minimum Gasteiger partial charge on any atom is -0.315 e. The largest absolute Gasteiger partial charge is 0.315 e. The normalized spacial score (nSPS) is 22.0. The molecule has 0 amide bonds. The van der Waals surface area contributed by atoms with Crippen LogP contribution in [0.15, 0.2) is 0 Å². The van der Waals surface area contributed by atoms with E-state index in [0.717, 1.165) is 6.04 Å². The van der Waals surface area contributed by atoms with Gasteiger partial charge in [0.1, 0.15) is 0 Å². The summed E-state index contributed by atoms with van der Waals surface area (Å²) in [5.41, 5.74) is 0. The Bertz CT molecular complexity index is 114. The van der Waals surface area contributed by atoms with E-state index in [9.17, 15) is 0 Å². The summed E-state index contributed by atoms with van der Waals surface area (Å²) in [6.07, 6.45) is 4.03. The van der Waals surface area contributed by atoms with Crippen LogP contribution in [0.25, 0.3) is 0 Å². The molecular formula is C10H20EuN-. The van der Waals surface area contributed by atoms with Crippen LogP contribution in [0.5, 0.6) is 0 Å². The molecule has 1 aliphatic rings. The Morgan fingerprint density at radius 3 is 2.42 bits per heavy atom. The molecule has 1 radical (unpaired) electrons. The molecule has 0 aromatic rings. The fraction of sp³-hybridized carbons (Fsp3) is 0.900. The van der Waals surface area contributed by atoms with Gasteiger partial charge in [-0.05, 0) is 26.9 Å². The zero-order valence-electron chi connectivity index (χ0n) is 8.44. The van der Waals surface area contributed by atoms with Gasteiger partial charge in [0.25, 0.3) is 0 Å². The number of likely N-dealkylation sites (tertiary alicyclic amines) is 1. The van der Waals surface area contributed by atoms with Crippen molar-refractivity contribution in [2.45, 2.75) is 46.1 Å². The summed E-state index contributed by atoms with van der Waals surface area (Å²) >= 11 is 0. The number of hydrogen-bond donors (Lipinski definition) is 0. The Kier molecular flexibility index (Phi) is 7.81. The van der Waals surface area contributed by atoms with Crippen molar-refractivity contribution in [3.8, 4) is 0 Å². The molecule has 0 aromatic carbocycles. The molecule has 1 rings (SSSR count). The first-order valence-corrected chi connectivity index (χ1v) is 4.75. The molecule has 0 atom stereocenters. The van der Waals surface area contributed by atoms with Gasteiger partial charge in [-0.15, -0.1) is 0 Å². The molecule has 0 aromatic heterocycles. The molecule has 0 unspecified atom stereocenters. The van der Waals surface area contributed by atoms with Gasteiger partial charge in [-0.25, -0.2) is 0 Å². The van der Waals surface area contributed by atoms with E-state index in [0.29, 0.717) is 0 Å². The van der Waals surface area contributed by atoms with Gasteiger partial charge < -0.3 is 10.8 Å². The van der Waals surface area contributed by atoms with Gasteiger partial charge in [0.05, 0.1) is 0 Å². The zero-order chi connectivity index (χ0) is 8.27. The monoisotopic (exact) mass is 307 g/mol. The zero-order valence-corrected chi connectivity index (χ0v) is 10.9. The van der Waals surface area contributed by atoms with Gasteiger partial charge in [-0.1, -0.05) is 6.42 Å². The molecule has 0 aliphatic carbocycles. The topological polar surface area (TPSA) is 3.24 Å². The van der Waals surface area contributed by atoms with E-state index in [2.05, 4.69) is 25.7 Å². The molecule has 73 valence electrons. The van der Waals surface area contributed by atoms with E-state index >= 15 is 0 Å². The van der Waals surface area contributed by atoms with E-state index in [4.69, 9.17) is 0 Å². The van der Waals surface area contributed by atoms with Gasteiger partial charge in [-0.3, -0.25) is 0 Å². The molecule has 0 bridgehead atoms. The van der Waals surface area contributed by atoms with Crippen molar-refractivity contribution in [2.24, 2.45) is 0 Å². The van der Waals surface area contributed by atoms with E-state index in [-0.39, 0.29) is 49.4 Å². The van der Waals surface area contributed by atoms with Crippen molar-refractivity contribution < 1.29 is 49.4 Å². The summed E-state index contributed by atoms with van der Waals surface area (Å²) in [6, 6.07) is 0.737. The van der Waals surface area contributed by atoms with Crippen LogP contribution >= 0.6 is 0 Å². The summed E-state index contributed by atoms with van der Waals surface area (Å²) in [7, 11) is 0. The van der Waals surface area contributed by atoms with Crippen LogP contribution in [-0.2, 0) is 0 Å². The van der Waals surface area contributed by atoms with E-state index in [1.165, 1.54) is 32.4 Å². The van der Waals surface area contributed by atoms with E-state index < -0.39 is 0 Å². The number of nitrogens with zero attached hydrogens (tertiary/aromatic N) is 1. The predicted molar refractivity (Wildman–Crippen MR) is 49.5 cm³/mol. The second-order valence-electron chi connectivity index (χ2n) is 3.94. The molecule has 0 N–H and O–H groups in total. The van der Waals surface area contributed by atoms with Crippen molar-refractivity contribution in [1.82, 2.24) is 4.90 Å². The smallest absolute Gasteiger partial charge is 0.00375 e. The van der Waals surface area contributed by atoms with Crippen molar-refractivity contribution in [3.63, 3.8) is 0 Å². The van der Waals surface area contributed by atoms with Gasteiger partial charge in [0.2, 0.25) is 0 Å². The Morgan fingerprint density at radius 2 is 1.83 bits per heavy atom. The maximum absolute atomic E-state index is 2.58. The SMILES string of the molecule is C[C-]1CCCN(C(C)C)CC1.[Eu]. The van der Waals surface area contributed by atoms with Crippen LogP contribution in [0, 0.1) is 55.3 Å². The van der Waals surface area contributed by atoms with Crippen molar-refractivity contribution >= 4 is 0 Å². The molecule has 1 nitrogen and oxygen atoms in total. The van der Waals surface area contributed by atoms with Gasteiger partial charge in [0, 0.05) is 55.4 Å². The van der Waals surface area contributed by atoms with Crippen LogP contribution in [0.2, 0.25) is 0 Å². The quantitative estimate of drug-likeness (QED) is 0.673. The first-order chi connectivity index (χ1) is 5.20. The summed E-state index contributed by atoms with van der Waals surface area (Å²) in [5.74, 6) is 1.69. The third-order valence-electron chi connectivity index (χ3n) is 2.60. The molecule has 1 saturated heterocycles. The Labute approximate surface area is 118 Å². The van der Waals surface area contributed by atoms with Gasteiger partial charge >= 0.3 is 0 Å². The minimum absolute atomic E-state index is 0. The first kappa shape index (κ1) is 13.5. The average molecular weight is 306 g/mol. The molecule has 12 heavy (non-hydrogen) atoms. The summed E-state index contributed by atoms with van der Waals surface area (Å²) in [6.45, 7) is 9.46. The van der Waals surface area contributed by atoms with E-state index in [1.807, 2.05) is 0 Å². The summed E-state index contributed by atoms with van der Waals surface area (Å²) < 4.78 is 0. The van der Waals surface area contributed by atoms with Crippen molar-refractivity contribution in [3.05, 3.63) is 5.92 Å². The third kappa shape index (κ3) is 4.69. The standard InChI is InChI=1S/C10H20N.Eu/c1-9(2)11-7-4-5-10(3)6-8-11;/h9H,4-8H2,1-3H3;/q-1;. The van der Waals surface area contributed by atoms with Crippen molar-refractivity contribution in [1.29, 1.82) is 0 Å². The maximum atomic E-state index is 2.58. The minimum atomic E-state index is 0. The van der Waals surface area contributed by atoms with Crippen LogP contribution in [0.3, 0.4) is 0 Å². The molecular weight excluding hydrogens is 286 g/mol. The molecule has 0 saturated carbocycles. The molecule has 0 spiro atoms. The van der Waals surface area contributed by atoms with Crippen LogP contribution in [0.4, 0.5) is 0 Å². The fourth-order valence-corrected chi connectivity index (χ4v) is 1.67. The Morgan fingerprint density at radius 1 is 1.17 bits per heavy atom. The van der Waals surface area contributed by atoms with Gasteiger partial charge in [0.15, 0.2) is 0 Å². The second-order valence-corrected chi connectivity index (χ2v) is 3.94. The number of hydrogen-bond acceptors (Lipinski definition) is 1. The molecule has 1 heterocycles. The third-order valence-corrected chi connectivity index (χ3v) is 2.60. The Balaban J connectivity index is 0.00000121. The van der Waals surface area contributed by atoms with Crippen LogP contribution in [0.1, 0.15) is 40.0 Å². The molecule has 1 fully saturated rings. The first-order valence-electron chi connectivity index (χ1n) is 4.75. The molecule has 1 aliphatic heterocycles. The van der Waals surface area contributed by atoms with Crippen molar-refractivity contribution in [2.75, 3.05) is 13.1 Å². The van der Waals surface area contributed by atoms with Crippen LogP contribution < -0.4 is 0 Å². The number of rotatable bonds is 1. The maximum Gasteiger partial charge on any atom is 0.00375 e. The van der Waals surface area contributed by atoms with Crippen LogP contribution in [-0.4, -0.2) is 24.0 Å². The average Bonchev–Trinajstić information content (AvgIpc) is 2.13. The fourth-order valence-electron chi connectivity index (χ4n) is 1.67. The van der Waals surface area contributed by atoms with Gasteiger partial charge in [-0.2, -0.15) is 19.8 Å². The summed E-state index contributed by atoms with van der Waals surface area (Å²) in [5, 5.41) is 0. The second kappa shape index (κ2) is 6.92.